The maximum atomic E-state index is 12.4. The molecule has 0 unspecified atom stereocenters. The number of esters is 2. The molecule has 2 fully saturated rings. The first-order valence-electron chi connectivity index (χ1n) is 6.58. The summed E-state index contributed by atoms with van der Waals surface area (Å²) in [6.07, 6.45) is 1.64. The van der Waals surface area contributed by atoms with Crippen molar-refractivity contribution in [1.29, 1.82) is 0 Å². The van der Waals surface area contributed by atoms with E-state index in [-0.39, 0.29) is 11.8 Å². The van der Waals surface area contributed by atoms with E-state index in [4.69, 9.17) is 9.47 Å². The zero-order chi connectivity index (χ0) is 14.5. The van der Waals surface area contributed by atoms with Gasteiger partial charge in [0.1, 0.15) is 0 Å². The molecule has 1 aromatic rings. The Labute approximate surface area is 117 Å². The summed E-state index contributed by atoms with van der Waals surface area (Å²) < 4.78 is 10.6. The van der Waals surface area contributed by atoms with Gasteiger partial charge in [-0.05, 0) is 5.56 Å². The third-order valence-corrected chi connectivity index (χ3v) is 4.03. The third kappa shape index (κ3) is 1.54. The Morgan fingerprint density at radius 2 is 1.65 bits per heavy atom. The number of benzene rings is 1. The molecule has 1 spiro atoms. The predicted molar refractivity (Wildman–Crippen MR) is 71.6 cm³/mol. The Bertz CT molecular complexity index is 568. The number of ether oxygens (including phenoxy) is 2. The number of carbonyl (C=O) groups excluding carboxylic acids is 2. The fourth-order valence-corrected chi connectivity index (χ4v) is 3.11. The van der Waals surface area contributed by atoms with Crippen molar-refractivity contribution in [3.63, 3.8) is 0 Å². The highest BCUT2D eigenvalue weighted by atomic mass is 16.7. The van der Waals surface area contributed by atoms with E-state index in [2.05, 4.69) is 6.58 Å². The maximum Gasteiger partial charge on any atom is 0.328 e. The van der Waals surface area contributed by atoms with Gasteiger partial charge in [-0.25, -0.2) is 0 Å². The van der Waals surface area contributed by atoms with E-state index in [9.17, 15) is 9.59 Å². The molecule has 1 saturated heterocycles. The standard InChI is InChI=1S/C16H16O4/c1-4-11-12(10-8-6-5-7-9-10)16(11)13(17)19-15(2,3)20-14(16)18/h4-9,11-12H,1H2,2-3H3/t11-,12-/m1/s1. The van der Waals surface area contributed by atoms with Gasteiger partial charge in [-0.3, -0.25) is 9.59 Å². The highest BCUT2D eigenvalue weighted by Crippen LogP contribution is 2.68. The summed E-state index contributed by atoms with van der Waals surface area (Å²) in [6.45, 7) is 6.85. The van der Waals surface area contributed by atoms with Crippen LogP contribution < -0.4 is 0 Å². The van der Waals surface area contributed by atoms with Gasteiger partial charge in [-0.1, -0.05) is 36.4 Å². The lowest BCUT2D eigenvalue weighted by molar-refractivity contribution is -0.243. The molecule has 3 rings (SSSR count). The minimum atomic E-state index is -1.25. The molecule has 2 aliphatic rings. The summed E-state index contributed by atoms with van der Waals surface area (Å²) in [4.78, 5) is 24.8. The van der Waals surface area contributed by atoms with E-state index in [1.807, 2.05) is 30.3 Å². The minimum absolute atomic E-state index is 0.253. The lowest BCUT2D eigenvalue weighted by Gasteiger charge is -2.33. The minimum Gasteiger partial charge on any atom is -0.422 e. The summed E-state index contributed by atoms with van der Waals surface area (Å²) in [5.74, 6) is -2.76. The first-order valence-corrected chi connectivity index (χ1v) is 6.58. The highest BCUT2D eigenvalue weighted by Gasteiger charge is 2.78. The molecule has 0 radical (unpaired) electrons. The molecule has 1 aromatic carbocycles. The lowest BCUT2D eigenvalue weighted by Crippen LogP contribution is -2.48. The molecule has 2 atom stereocenters. The topological polar surface area (TPSA) is 52.6 Å². The summed E-state index contributed by atoms with van der Waals surface area (Å²) >= 11 is 0. The van der Waals surface area contributed by atoms with Gasteiger partial charge < -0.3 is 9.47 Å². The number of hydrogen-bond acceptors (Lipinski definition) is 4. The zero-order valence-corrected chi connectivity index (χ0v) is 11.5. The Balaban J connectivity index is 2.02. The number of hydrogen-bond donors (Lipinski definition) is 0. The van der Waals surface area contributed by atoms with Crippen LogP contribution >= 0.6 is 0 Å². The van der Waals surface area contributed by atoms with E-state index in [1.165, 1.54) is 0 Å². The van der Waals surface area contributed by atoms with Gasteiger partial charge in [0, 0.05) is 25.7 Å². The average Bonchev–Trinajstić information content (AvgIpc) is 3.07. The van der Waals surface area contributed by atoms with E-state index in [0.29, 0.717) is 0 Å². The summed E-state index contributed by atoms with van der Waals surface area (Å²) in [6, 6.07) is 9.45. The second-order valence-corrected chi connectivity index (χ2v) is 5.70. The van der Waals surface area contributed by atoms with Gasteiger partial charge in [0.15, 0.2) is 5.41 Å². The molecule has 1 aliphatic carbocycles. The number of carbonyl (C=O) groups is 2. The summed E-state index contributed by atoms with van der Waals surface area (Å²) in [7, 11) is 0. The maximum absolute atomic E-state index is 12.4. The van der Waals surface area contributed by atoms with Crippen molar-refractivity contribution >= 4 is 11.9 Å². The molecule has 1 heterocycles. The second-order valence-electron chi connectivity index (χ2n) is 5.70. The second kappa shape index (κ2) is 3.95. The molecular formula is C16H16O4. The van der Waals surface area contributed by atoms with Crippen molar-refractivity contribution in [1.82, 2.24) is 0 Å². The Kier molecular flexibility index (Phi) is 2.55. The van der Waals surface area contributed by atoms with Crippen LogP contribution in [-0.4, -0.2) is 17.7 Å². The molecular weight excluding hydrogens is 256 g/mol. The van der Waals surface area contributed by atoms with Crippen molar-refractivity contribution in [3.05, 3.63) is 48.6 Å². The monoisotopic (exact) mass is 272 g/mol. The van der Waals surface area contributed by atoms with Crippen molar-refractivity contribution in [2.75, 3.05) is 0 Å². The molecule has 0 N–H and O–H groups in total. The van der Waals surface area contributed by atoms with Crippen LogP contribution in [0.2, 0.25) is 0 Å². The first-order chi connectivity index (χ1) is 9.43. The molecule has 0 amide bonds. The van der Waals surface area contributed by atoms with Crippen molar-refractivity contribution in [2.24, 2.45) is 11.3 Å². The Hall–Kier alpha value is -2.10. The van der Waals surface area contributed by atoms with Gasteiger partial charge in [0.2, 0.25) is 0 Å². The van der Waals surface area contributed by atoms with Crippen LogP contribution in [0.1, 0.15) is 25.3 Å². The smallest absolute Gasteiger partial charge is 0.328 e. The largest absolute Gasteiger partial charge is 0.422 e. The Morgan fingerprint density at radius 3 is 2.15 bits per heavy atom. The normalized spacial score (nSPS) is 29.5. The summed E-state index contributed by atoms with van der Waals surface area (Å²) in [5, 5.41) is 0. The van der Waals surface area contributed by atoms with Crippen LogP contribution in [0.4, 0.5) is 0 Å². The summed E-state index contributed by atoms with van der Waals surface area (Å²) in [5.41, 5.74) is -0.329. The van der Waals surface area contributed by atoms with E-state index in [0.717, 1.165) is 5.56 Å². The molecule has 20 heavy (non-hydrogen) atoms. The highest BCUT2D eigenvalue weighted by molar-refractivity contribution is 6.07. The van der Waals surface area contributed by atoms with Gasteiger partial charge in [-0.15, -0.1) is 6.58 Å². The fraction of sp³-hybridized carbons (Fsp3) is 0.375. The molecule has 0 bridgehead atoms. The number of rotatable bonds is 2. The molecule has 1 saturated carbocycles. The van der Waals surface area contributed by atoms with E-state index in [1.54, 1.807) is 19.9 Å². The van der Waals surface area contributed by atoms with Crippen LogP contribution in [0.5, 0.6) is 0 Å². The average molecular weight is 272 g/mol. The van der Waals surface area contributed by atoms with Crippen molar-refractivity contribution < 1.29 is 19.1 Å². The van der Waals surface area contributed by atoms with Crippen LogP contribution in [0.25, 0.3) is 0 Å². The van der Waals surface area contributed by atoms with Gasteiger partial charge in [0.25, 0.3) is 5.79 Å². The lowest BCUT2D eigenvalue weighted by atomic mass is 9.97. The fourth-order valence-electron chi connectivity index (χ4n) is 3.11. The SMILES string of the molecule is C=C[C@@H]1[C@@H](c2ccccc2)C12C(=O)OC(C)(C)OC2=O. The molecule has 1 aliphatic heterocycles. The predicted octanol–water partition coefficient (Wildman–Crippen LogP) is 2.41. The first kappa shape index (κ1) is 12.9. The van der Waals surface area contributed by atoms with Crippen LogP contribution in [0.3, 0.4) is 0 Å². The van der Waals surface area contributed by atoms with Crippen molar-refractivity contribution in [3.8, 4) is 0 Å². The Morgan fingerprint density at radius 1 is 1.10 bits per heavy atom. The molecule has 0 aromatic heterocycles. The van der Waals surface area contributed by atoms with E-state index < -0.39 is 23.1 Å². The molecule has 4 heteroatoms. The third-order valence-electron chi connectivity index (χ3n) is 4.03. The van der Waals surface area contributed by atoms with Crippen molar-refractivity contribution in [2.45, 2.75) is 25.6 Å². The molecule has 4 nitrogen and oxygen atoms in total. The van der Waals surface area contributed by atoms with Gasteiger partial charge in [-0.2, -0.15) is 0 Å². The quantitative estimate of drug-likeness (QED) is 0.471. The number of cyclic esters (lactones) is 2. The van der Waals surface area contributed by atoms with Gasteiger partial charge in [0.05, 0.1) is 0 Å². The van der Waals surface area contributed by atoms with Crippen LogP contribution in [0, 0.1) is 11.3 Å². The van der Waals surface area contributed by atoms with Gasteiger partial charge >= 0.3 is 11.9 Å². The van der Waals surface area contributed by atoms with Crippen LogP contribution in [0.15, 0.2) is 43.0 Å². The zero-order valence-electron chi connectivity index (χ0n) is 11.5. The number of allylic oxidation sites excluding steroid dienone is 1. The molecule has 104 valence electrons. The van der Waals surface area contributed by atoms with E-state index >= 15 is 0 Å². The van der Waals surface area contributed by atoms with Crippen LogP contribution in [-0.2, 0) is 19.1 Å².